The van der Waals surface area contributed by atoms with Crippen molar-refractivity contribution in [3.8, 4) is 0 Å². The molecule has 1 aromatic heterocycles. The molecule has 2 aromatic rings. The monoisotopic (exact) mass is 443 g/mol. The van der Waals surface area contributed by atoms with Gasteiger partial charge in [0, 0.05) is 35.5 Å². The molecule has 0 radical (unpaired) electrons. The third-order valence-electron chi connectivity index (χ3n) is 9.61. The number of aliphatic hydroxyl groups excluding tert-OH is 2. The highest BCUT2D eigenvalue weighted by atomic mass is 16.5. The Morgan fingerprint density at radius 3 is 2.85 bits per heavy atom. The standard InChI is InChI=1S/C28H29NO4/c1-25-8-6-20-13-19-4-5-22(30)15-26(19)9-10-27(20,33-26)23(25)14-24(31)28(25,32)21-3-2-17-7-11-29-16-18(17)12-21/h2-7,11-13,16,22-24,30-32H,8-10,14-15H2,1H3/t22-,23-,24-,25+,26-,27?,28-/m1/s1. The SMILES string of the molecule is C[C@]12CC=C3C=C4C=C[C@@H](O)C[C@]45CCC3(O5)[C@@H]1C[C@@H](O)[C@]2(O)c1ccc2ccncc2c1. The third kappa shape index (κ3) is 2.29. The summed E-state index contributed by atoms with van der Waals surface area (Å²) in [6, 6.07) is 7.89. The molecule has 170 valence electrons. The lowest BCUT2D eigenvalue weighted by Gasteiger charge is -2.55. The molecule has 3 aliphatic carbocycles. The predicted octanol–water partition coefficient (Wildman–Crippen LogP) is 3.69. The first-order chi connectivity index (χ1) is 15.8. The molecule has 33 heavy (non-hydrogen) atoms. The van der Waals surface area contributed by atoms with Crippen LogP contribution in [0.2, 0.25) is 0 Å². The van der Waals surface area contributed by atoms with E-state index in [2.05, 4.69) is 24.1 Å². The summed E-state index contributed by atoms with van der Waals surface area (Å²) >= 11 is 0. The quantitative estimate of drug-likeness (QED) is 0.626. The summed E-state index contributed by atoms with van der Waals surface area (Å²) in [4.78, 5) is 4.24. The Labute approximate surface area is 193 Å². The minimum absolute atomic E-state index is 0.0326. The van der Waals surface area contributed by atoms with E-state index in [9.17, 15) is 15.3 Å². The Kier molecular flexibility index (Phi) is 3.79. The zero-order valence-electron chi connectivity index (χ0n) is 18.7. The first-order valence-electron chi connectivity index (χ1n) is 12.0. The zero-order valence-corrected chi connectivity index (χ0v) is 18.7. The van der Waals surface area contributed by atoms with Crippen molar-refractivity contribution in [1.29, 1.82) is 0 Å². The minimum Gasteiger partial charge on any atom is -0.390 e. The third-order valence-corrected chi connectivity index (χ3v) is 9.61. The van der Waals surface area contributed by atoms with Crippen LogP contribution in [0.3, 0.4) is 0 Å². The molecule has 5 nitrogen and oxygen atoms in total. The van der Waals surface area contributed by atoms with Crippen LogP contribution in [0.1, 0.15) is 44.6 Å². The van der Waals surface area contributed by atoms with Crippen molar-refractivity contribution in [2.24, 2.45) is 11.3 Å². The summed E-state index contributed by atoms with van der Waals surface area (Å²) in [6.07, 6.45) is 13.9. The normalized spacial score (nSPS) is 45.3. The molecule has 3 N–H and O–H groups in total. The Hall–Kier alpha value is -2.31. The number of pyridine rings is 1. The second-order valence-corrected chi connectivity index (χ2v) is 11.0. The zero-order chi connectivity index (χ0) is 22.6. The van der Waals surface area contributed by atoms with Crippen LogP contribution in [0, 0.1) is 11.3 Å². The van der Waals surface area contributed by atoms with Crippen molar-refractivity contribution >= 4 is 10.8 Å². The Bertz CT molecular complexity index is 1280. The minimum atomic E-state index is -1.40. The number of hydrogen-bond acceptors (Lipinski definition) is 5. The van der Waals surface area contributed by atoms with Gasteiger partial charge in [-0.15, -0.1) is 0 Å². The highest BCUT2D eigenvalue weighted by molar-refractivity contribution is 5.82. The molecule has 5 aliphatic rings. The van der Waals surface area contributed by atoms with Crippen molar-refractivity contribution in [1.82, 2.24) is 4.98 Å². The summed E-state index contributed by atoms with van der Waals surface area (Å²) in [5.41, 5.74) is 0.0683. The van der Waals surface area contributed by atoms with E-state index in [4.69, 9.17) is 4.74 Å². The fourth-order valence-corrected chi connectivity index (χ4v) is 7.90. The predicted molar refractivity (Wildman–Crippen MR) is 124 cm³/mol. The number of nitrogens with zero attached hydrogens (tertiary/aromatic N) is 1. The van der Waals surface area contributed by atoms with Gasteiger partial charge in [0.05, 0.1) is 23.4 Å². The molecule has 3 heterocycles. The molecule has 2 aliphatic heterocycles. The van der Waals surface area contributed by atoms with Crippen molar-refractivity contribution in [2.75, 3.05) is 0 Å². The van der Waals surface area contributed by atoms with Gasteiger partial charge in [-0.05, 0) is 59.9 Å². The van der Waals surface area contributed by atoms with E-state index in [1.807, 2.05) is 36.4 Å². The number of aliphatic hydroxyl groups is 3. The average Bonchev–Trinajstić information content (AvgIpc) is 3.23. The Morgan fingerprint density at radius 1 is 1.09 bits per heavy atom. The summed E-state index contributed by atoms with van der Waals surface area (Å²) < 4.78 is 7.00. The van der Waals surface area contributed by atoms with Crippen LogP contribution in [0.25, 0.3) is 10.8 Å². The fourth-order valence-electron chi connectivity index (χ4n) is 7.90. The number of allylic oxidation sites excluding steroid dienone is 1. The second-order valence-electron chi connectivity index (χ2n) is 11.0. The number of aromatic nitrogens is 1. The van der Waals surface area contributed by atoms with Crippen LogP contribution < -0.4 is 0 Å². The highest BCUT2D eigenvalue weighted by Gasteiger charge is 2.72. The van der Waals surface area contributed by atoms with Gasteiger partial charge in [-0.1, -0.05) is 43.4 Å². The van der Waals surface area contributed by atoms with Gasteiger partial charge < -0.3 is 20.1 Å². The molecule has 0 amide bonds. The summed E-state index contributed by atoms with van der Waals surface area (Å²) in [7, 11) is 0. The molecular weight excluding hydrogens is 414 g/mol. The second kappa shape index (κ2) is 6.22. The maximum atomic E-state index is 12.3. The first-order valence-corrected chi connectivity index (χ1v) is 12.0. The van der Waals surface area contributed by atoms with Gasteiger partial charge in [0.25, 0.3) is 0 Å². The van der Waals surface area contributed by atoms with Gasteiger partial charge in [0.2, 0.25) is 0 Å². The van der Waals surface area contributed by atoms with E-state index in [1.54, 1.807) is 12.4 Å². The topological polar surface area (TPSA) is 82.8 Å². The van der Waals surface area contributed by atoms with Crippen molar-refractivity contribution in [3.05, 3.63) is 77.7 Å². The molecule has 1 unspecified atom stereocenters. The van der Waals surface area contributed by atoms with E-state index in [-0.39, 0.29) is 5.92 Å². The van der Waals surface area contributed by atoms with Crippen LogP contribution in [0.5, 0.6) is 0 Å². The van der Waals surface area contributed by atoms with Crippen LogP contribution in [-0.2, 0) is 10.3 Å². The van der Waals surface area contributed by atoms with E-state index in [0.717, 1.165) is 34.8 Å². The lowest BCUT2D eigenvalue weighted by Crippen LogP contribution is -2.57. The maximum absolute atomic E-state index is 12.3. The van der Waals surface area contributed by atoms with Gasteiger partial charge in [0.15, 0.2) is 0 Å². The van der Waals surface area contributed by atoms with E-state index in [1.165, 1.54) is 5.57 Å². The van der Waals surface area contributed by atoms with Gasteiger partial charge in [0.1, 0.15) is 5.60 Å². The molecule has 7 atom stereocenters. The van der Waals surface area contributed by atoms with Gasteiger partial charge in [-0.3, -0.25) is 4.98 Å². The number of hydrogen-bond donors (Lipinski definition) is 3. The van der Waals surface area contributed by atoms with Crippen LogP contribution in [0.4, 0.5) is 0 Å². The molecule has 2 spiro atoms. The Morgan fingerprint density at radius 2 is 1.97 bits per heavy atom. The largest absolute Gasteiger partial charge is 0.390 e. The van der Waals surface area contributed by atoms with Gasteiger partial charge in [-0.25, -0.2) is 0 Å². The lowest BCUT2D eigenvalue weighted by atomic mass is 9.56. The first kappa shape index (κ1) is 20.1. The molecule has 1 saturated heterocycles. The van der Waals surface area contributed by atoms with Gasteiger partial charge >= 0.3 is 0 Å². The van der Waals surface area contributed by atoms with Crippen molar-refractivity contribution in [3.63, 3.8) is 0 Å². The summed E-state index contributed by atoms with van der Waals surface area (Å²) in [5.74, 6) is -0.0326. The molecular formula is C28H29NO4. The highest BCUT2D eigenvalue weighted by Crippen LogP contribution is 2.70. The molecule has 1 aromatic carbocycles. The smallest absolute Gasteiger partial charge is 0.121 e. The van der Waals surface area contributed by atoms with E-state index >= 15 is 0 Å². The Balaban J connectivity index is 1.38. The summed E-state index contributed by atoms with van der Waals surface area (Å²) in [6.45, 7) is 2.12. The van der Waals surface area contributed by atoms with Gasteiger partial charge in [-0.2, -0.15) is 0 Å². The number of rotatable bonds is 1. The molecule has 7 rings (SSSR count). The van der Waals surface area contributed by atoms with Crippen molar-refractivity contribution in [2.45, 2.75) is 68.0 Å². The average molecular weight is 444 g/mol. The van der Waals surface area contributed by atoms with Crippen LogP contribution in [-0.4, -0.2) is 43.7 Å². The summed E-state index contributed by atoms with van der Waals surface area (Å²) in [5, 5.41) is 36.1. The lowest BCUT2D eigenvalue weighted by molar-refractivity contribution is -0.173. The van der Waals surface area contributed by atoms with E-state index in [0.29, 0.717) is 19.3 Å². The molecule has 5 heteroatoms. The fraction of sp³-hybridized carbons (Fsp3) is 0.464. The van der Waals surface area contributed by atoms with Crippen molar-refractivity contribution < 1.29 is 20.1 Å². The number of fused-ring (bicyclic) bond motifs is 2. The van der Waals surface area contributed by atoms with Crippen LogP contribution >= 0.6 is 0 Å². The molecule has 1 saturated carbocycles. The number of benzene rings is 1. The number of ether oxygens (including phenoxy) is 1. The molecule has 2 bridgehead atoms. The van der Waals surface area contributed by atoms with Crippen LogP contribution in [0.15, 0.2) is 72.1 Å². The maximum Gasteiger partial charge on any atom is 0.121 e. The molecule has 2 fully saturated rings. The van der Waals surface area contributed by atoms with E-state index < -0.39 is 34.4 Å².